The molecule has 5 nitrogen and oxygen atoms in total. The number of nitrogens with zero attached hydrogens (tertiary/aromatic N) is 5. The maximum Gasteiger partial charge on any atom is 0.214 e. The second kappa shape index (κ2) is 9.58. The minimum Gasteiger partial charge on any atom is -0.307 e. The van der Waals surface area contributed by atoms with Crippen molar-refractivity contribution in [1.29, 1.82) is 5.26 Å². The highest BCUT2D eigenvalue weighted by molar-refractivity contribution is 6.24. The number of hydrogen-bond acceptors (Lipinski definition) is 1. The van der Waals surface area contributed by atoms with E-state index in [4.69, 9.17) is 13.1 Å². The predicted molar refractivity (Wildman–Crippen MR) is 188 cm³/mol. The molecular formula is C41H31N5. The number of fused-ring (bicyclic) bond motifs is 8. The van der Waals surface area contributed by atoms with Crippen molar-refractivity contribution in [2.24, 2.45) is 0 Å². The number of nitriles is 1. The molecule has 0 unspecified atom stereocenters. The number of rotatable bonds is 2. The van der Waals surface area contributed by atoms with E-state index in [9.17, 15) is 5.26 Å². The zero-order valence-corrected chi connectivity index (χ0v) is 26.3. The van der Waals surface area contributed by atoms with Gasteiger partial charge in [0.15, 0.2) is 5.69 Å². The van der Waals surface area contributed by atoms with Gasteiger partial charge in [0.1, 0.15) is 0 Å². The Morgan fingerprint density at radius 2 is 1.11 bits per heavy atom. The highest BCUT2D eigenvalue weighted by Crippen LogP contribution is 2.57. The lowest BCUT2D eigenvalue weighted by Crippen LogP contribution is -2.35. The number of hydrogen-bond donors (Lipinski definition) is 0. The summed E-state index contributed by atoms with van der Waals surface area (Å²) >= 11 is 0. The molecule has 8 rings (SSSR count). The van der Waals surface area contributed by atoms with E-state index >= 15 is 0 Å². The molecule has 1 aliphatic carbocycles. The summed E-state index contributed by atoms with van der Waals surface area (Å²) in [7, 11) is 0. The van der Waals surface area contributed by atoms with Gasteiger partial charge in [-0.3, -0.25) is 0 Å². The van der Waals surface area contributed by atoms with E-state index in [1.54, 1.807) is 0 Å². The van der Waals surface area contributed by atoms with Crippen LogP contribution >= 0.6 is 0 Å². The van der Waals surface area contributed by atoms with E-state index < -0.39 is 0 Å². The van der Waals surface area contributed by atoms with Crippen LogP contribution in [0.3, 0.4) is 0 Å². The lowest BCUT2D eigenvalue weighted by molar-refractivity contribution is 0.333. The molecule has 0 radical (unpaired) electrons. The van der Waals surface area contributed by atoms with Gasteiger partial charge < -0.3 is 9.13 Å². The van der Waals surface area contributed by atoms with Crippen molar-refractivity contribution in [2.75, 3.05) is 0 Å². The normalized spacial score (nSPS) is 15.1. The lowest BCUT2D eigenvalue weighted by atomic mass is 9.61. The first-order valence-electron chi connectivity index (χ1n) is 15.6. The monoisotopic (exact) mass is 593 g/mol. The minimum absolute atomic E-state index is 0.152. The molecule has 2 aromatic heterocycles. The summed E-state index contributed by atoms with van der Waals surface area (Å²) in [5, 5.41) is 15.4. The van der Waals surface area contributed by atoms with Gasteiger partial charge in [0.25, 0.3) is 0 Å². The van der Waals surface area contributed by atoms with Crippen LogP contribution in [0.2, 0.25) is 0 Å². The van der Waals surface area contributed by atoms with Crippen molar-refractivity contribution in [3.05, 3.63) is 131 Å². The standard InChI is InChI=1S/C41H31N5/c1-40(2)22-23-41(3,4)34-33(40)36(44-6)35(43-5)30(24-42)37(34)46-32-19-13-11-17-27(32)29-21-20-28-26-16-10-12-18-31(26)45(38(28)39(29)46)25-14-8-7-9-15-25/h7-21H,22-23H2,1-4H3. The van der Waals surface area contributed by atoms with Crippen molar-refractivity contribution >= 4 is 55.0 Å². The molecule has 0 saturated carbocycles. The van der Waals surface area contributed by atoms with Gasteiger partial charge in [-0.15, -0.1) is 0 Å². The fourth-order valence-corrected chi connectivity index (χ4v) is 8.03. The maximum absolute atomic E-state index is 10.9. The zero-order valence-electron chi connectivity index (χ0n) is 26.3. The van der Waals surface area contributed by atoms with Gasteiger partial charge in [0.05, 0.1) is 52.5 Å². The molecule has 0 N–H and O–H groups in total. The number of para-hydroxylation sites is 3. The summed E-state index contributed by atoms with van der Waals surface area (Å²) in [6, 6.07) is 34.2. The average molecular weight is 594 g/mol. The van der Waals surface area contributed by atoms with E-state index in [1.165, 1.54) is 0 Å². The van der Waals surface area contributed by atoms with Gasteiger partial charge >= 0.3 is 0 Å². The third-order valence-corrected chi connectivity index (χ3v) is 10.2. The van der Waals surface area contributed by atoms with E-state index in [0.29, 0.717) is 5.69 Å². The van der Waals surface area contributed by atoms with Gasteiger partial charge in [0.2, 0.25) is 5.69 Å². The molecule has 0 atom stereocenters. The molecule has 0 bridgehead atoms. The molecule has 220 valence electrons. The third-order valence-electron chi connectivity index (χ3n) is 10.2. The fourth-order valence-electron chi connectivity index (χ4n) is 8.03. The molecule has 0 saturated heterocycles. The van der Waals surface area contributed by atoms with Crippen molar-refractivity contribution in [3.8, 4) is 17.4 Å². The first-order valence-corrected chi connectivity index (χ1v) is 15.6. The van der Waals surface area contributed by atoms with E-state index in [1.807, 2.05) is 12.1 Å². The maximum atomic E-state index is 10.9. The van der Waals surface area contributed by atoms with Crippen molar-refractivity contribution in [2.45, 2.75) is 51.4 Å². The Morgan fingerprint density at radius 1 is 0.609 bits per heavy atom. The van der Waals surface area contributed by atoms with Crippen LogP contribution in [0.15, 0.2) is 91.0 Å². The Bertz CT molecular complexity index is 2550. The summed E-state index contributed by atoms with van der Waals surface area (Å²) in [5.74, 6) is 0. The second-order valence-corrected chi connectivity index (χ2v) is 13.7. The van der Waals surface area contributed by atoms with Crippen molar-refractivity contribution in [3.63, 3.8) is 0 Å². The molecule has 5 heteroatoms. The SMILES string of the molecule is [C-]#[N+]c1c(C#N)c(-n2c3ccccc3c3ccc4c5ccccc5n(-c5ccccc5)c4c32)c2c(c1[N+]#[C-])C(C)(C)CCC2(C)C. The minimum atomic E-state index is -0.347. The first-order chi connectivity index (χ1) is 22.2. The smallest absolute Gasteiger partial charge is 0.214 e. The van der Waals surface area contributed by atoms with Crippen LogP contribution in [0.25, 0.3) is 64.7 Å². The molecule has 0 aliphatic heterocycles. The molecule has 0 spiro atoms. The highest BCUT2D eigenvalue weighted by Gasteiger charge is 2.44. The van der Waals surface area contributed by atoms with E-state index in [-0.39, 0.29) is 22.1 Å². The predicted octanol–water partition coefficient (Wildman–Crippen LogP) is 11.2. The van der Waals surface area contributed by atoms with E-state index in [0.717, 1.165) is 79.0 Å². The molecule has 7 aromatic rings. The van der Waals surface area contributed by atoms with Crippen LogP contribution in [0.1, 0.15) is 57.2 Å². The molecule has 2 heterocycles. The van der Waals surface area contributed by atoms with Crippen LogP contribution in [0, 0.1) is 24.5 Å². The lowest BCUT2D eigenvalue weighted by Gasteiger charge is -2.44. The Kier molecular flexibility index (Phi) is 5.77. The highest BCUT2D eigenvalue weighted by atomic mass is 15.1. The zero-order chi connectivity index (χ0) is 32.0. The molecule has 5 aromatic carbocycles. The van der Waals surface area contributed by atoms with Gasteiger partial charge in [-0.2, -0.15) is 5.26 Å². The van der Waals surface area contributed by atoms with Crippen molar-refractivity contribution in [1.82, 2.24) is 9.13 Å². The topological polar surface area (TPSA) is 42.4 Å². The van der Waals surface area contributed by atoms with Crippen LogP contribution in [0.4, 0.5) is 11.4 Å². The average Bonchev–Trinajstić information content (AvgIpc) is 3.59. The van der Waals surface area contributed by atoms with Crippen LogP contribution in [0.5, 0.6) is 0 Å². The molecule has 1 aliphatic rings. The Balaban J connectivity index is 1.72. The summed E-state index contributed by atoms with van der Waals surface area (Å²) in [4.78, 5) is 7.90. The summed E-state index contributed by atoms with van der Waals surface area (Å²) < 4.78 is 4.59. The quantitative estimate of drug-likeness (QED) is 0.184. The summed E-state index contributed by atoms with van der Waals surface area (Å²) in [5.41, 5.74) is 7.85. The number of benzene rings is 5. The second-order valence-electron chi connectivity index (χ2n) is 13.7. The van der Waals surface area contributed by atoms with Gasteiger partial charge in [-0.1, -0.05) is 94.4 Å². The summed E-state index contributed by atoms with van der Waals surface area (Å²) in [6.07, 6.45) is 1.79. The number of aromatic nitrogens is 2. The van der Waals surface area contributed by atoms with Crippen LogP contribution in [-0.2, 0) is 10.8 Å². The van der Waals surface area contributed by atoms with Crippen LogP contribution in [-0.4, -0.2) is 9.13 Å². The molecule has 0 amide bonds. The Labute approximate surface area is 268 Å². The van der Waals surface area contributed by atoms with Gasteiger partial charge in [-0.25, -0.2) is 9.69 Å². The van der Waals surface area contributed by atoms with Crippen molar-refractivity contribution < 1.29 is 0 Å². The van der Waals surface area contributed by atoms with Gasteiger partial charge in [-0.05, 0) is 59.1 Å². The largest absolute Gasteiger partial charge is 0.307 e. The molecule has 0 fully saturated rings. The molecular weight excluding hydrogens is 562 g/mol. The van der Waals surface area contributed by atoms with Gasteiger partial charge in [0, 0.05) is 27.2 Å². The fraction of sp³-hybridized carbons (Fsp3) is 0.195. The summed E-state index contributed by atoms with van der Waals surface area (Å²) in [6.45, 7) is 25.4. The third kappa shape index (κ3) is 3.53. The van der Waals surface area contributed by atoms with Crippen LogP contribution < -0.4 is 0 Å². The Hall–Kier alpha value is -5.83. The molecule has 46 heavy (non-hydrogen) atoms. The van der Waals surface area contributed by atoms with E-state index in [2.05, 4.69) is 131 Å². The Morgan fingerprint density at radius 3 is 1.67 bits per heavy atom. The first kappa shape index (κ1) is 27.7.